The molecular weight excluding hydrogens is 700 g/mol. The summed E-state index contributed by atoms with van der Waals surface area (Å²) in [5.41, 5.74) is 11.8. The highest BCUT2D eigenvalue weighted by Crippen LogP contribution is 2.35. The van der Waals surface area contributed by atoms with E-state index in [0.29, 0.717) is 12.8 Å². The molecule has 3 aliphatic rings. The summed E-state index contributed by atoms with van der Waals surface area (Å²) in [5.74, 6) is 0. The summed E-state index contributed by atoms with van der Waals surface area (Å²) < 4.78 is 35.8. The van der Waals surface area contributed by atoms with Crippen molar-refractivity contribution < 1.29 is 47.9 Å². The Morgan fingerprint density at radius 1 is 0.944 bits per heavy atom. The number of ether oxygens (including phenoxy) is 6. The fourth-order valence-electron chi connectivity index (χ4n) is 6.86. The zero-order valence-corrected chi connectivity index (χ0v) is 29.9. The van der Waals surface area contributed by atoms with E-state index in [1.54, 1.807) is 26.1 Å². The first-order valence-corrected chi connectivity index (χ1v) is 17.8. The van der Waals surface area contributed by atoms with Crippen LogP contribution in [-0.4, -0.2) is 96.3 Å². The molecule has 3 aromatic carbocycles. The van der Waals surface area contributed by atoms with Gasteiger partial charge in [0.2, 0.25) is 0 Å². The molecule has 54 heavy (non-hydrogen) atoms. The van der Waals surface area contributed by atoms with Crippen LogP contribution in [0.5, 0.6) is 0 Å². The second-order valence-corrected chi connectivity index (χ2v) is 13.4. The van der Waals surface area contributed by atoms with E-state index in [0.717, 1.165) is 16.7 Å². The van der Waals surface area contributed by atoms with Crippen LogP contribution in [0.1, 0.15) is 36.5 Å². The highest BCUT2D eigenvalue weighted by atomic mass is 16.7. The summed E-state index contributed by atoms with van der Waals surface area (Å²) in [6, 6.07) is 24.3. The maximum atomic E-state index is 13.4. The average molecular weight is 745 g/mol. The van der Waals surface area contributed by atoms with Crippen molar-refractivity contribution in [2.45, 2.75) is 101 Å². The van der Waals surface area contributed by atoms with E-state index in [1.165, 1.54) is 4.90 Å². The van der Waals surface area contributed by atoms with Gasteiger partial charge in [0.05, 0.1) is 30.8 Å². The molecule has 1 aliphatic carbocycles. The Labute approximate surface area is 312 Å². The number of rotatable bonds is 13. The van der Waals surface area contributed by atoms with Gasteiger partial charge in [-0.05, 0) is 42.0 Å². The first kappa shape index (κ1) is 38.3. The number of aliphatic hydroxyl groups is 1. The third-order valence-corrected chi connectivity index (χ3v) is 9.90. The van der Waals surface area contributed by atoms with Gasteiger partial charge in [-0.15, -0.1) is 0 Å². The number of amides is 3. The molecule has 2 saturated heterocycles. The topological polar surface area (TPSA) is 203 Å². The Hall–Kier alpha value is -5.38. The lowest BCUT2D eigenvalue weighted by Crippen LogP contribution is -2.71. The molecule has 0 spiro atoms. The number of hydrogen-bond donors (Lipinski definition) is 3. The van der Waals surface area contributed by atoms with E-state index in [1.807, 2.05) is 78.9 Å². The predicted octanol–water partition coefficient (Wildman–Crippen LogP) is 4.94. The van der Waals surface area contributed by atoms with Crippen molar-refractivity contribution in [3.63, 3.8) is 0 Å². The first-order chi connectivity index (χ1) is 26.2. The van der Waals surface area contributed by atoms with Gasteiger partial charge in [0.15, 0.2) is 12.4 Å². The van der Waals surface area contributed by atoms with Gasteiger partial charge in [-0.3, -0.25) is 0 Å². The molecule has 3 N–H and O–H groups in total. The number of nitrogens with zero attached hydrogens (tertiary/aromatic N) is 4. The fourth-order valence-corrected chi connectivity index (χ4v) is 6.86. The molecule has 0 radical (unpaired) electrons. The van der Waals surface area contributed by atoms with Crippen molar-refractivity contribution in [2.24, 2.45) is 5.11 Å². The molecule has 6 rings (SSSR count). The van der Waals surface area contributed by atoms with Crippen LogP contribution in [0.2, 0.25) is 0 Å². The largest absolute Gasteiger partial charge is 0.445 e. The van der Waals surface area contributed by atoms with Crippen molar-refractivity contribution in [3.05, 3.63) is 118 Å². The Kier molecular flexibility index (Phi) is 12.9. The number of likely N-dealkylation sites (N-methyl/N-ethyl adjacent to an activating group) is 1. The standard InChI is InChI=1S/C38H44N6O10/c1-23(44(2)38(48)51-22-26-16-10-5-11-17-26)28-19-18-27(42-43-39)35(52-28)53-33-29(40-36(46)50-21-25-14-8-4-9-15-25)32(49-20-24-12-6-3-7-13-24)30-34(31(33)45)54-37(47)41-30/h3-17,23,27-35,45H,18-22H2,1-2H3,(H,40,46)(H,41,47)/t23-,27+,28-,29-,30+,31-,32-,33+,34-,35+/m0/s1. The van der Waals surface area contributed by atoms with E-state index in [2.05, 4.69) is 20.7 Å². The monoisotopic (exact) mass is 744 g/mol. The van der Waals surface area contributed by atoms with Crippen LogP contribution in [0.15, 0.2) is 96.1 Å². The minimum Gasteiger partial charge on any atom is -0.445 e. The summed E-state index contributed by atoms with van der Waals surface area (Å²) in [7, 11) is 1.60. The summed E-state index contributed by atoms with van der Waals surface area (Å²) in [6.07, 6.45) is -8.29. The van der Waals surface area contributed by atoms with Crippen LogP contribution in [0, 0.1) is 0 Å². The van der Waals surface area contributed by atoms with E-state index in [9.17, 15) is 25.0 Å². The number of carbonyl (C=O) groups excluding carboxylic acids is 3. The molecular formula is C38H44N6O10. The molecule has 3 amide bonds. The van der Waals surface area contributed by atoms with E-state index in [-0.39, 0.29) is 19.8 Å². The maximum absolute atomic E-state index is 13.4. The molecule has 0 bridgehead atoms. The summed E-state index contributed by atoms with van der Waals surface area (Å²) >= 11 is 0. The highest BCUT2D eigenvalue weighted by molar-refractivity contribution is 5.71. The molecule has 1 saturated carbocycles. The number of benzene rings is 3. The number of alkyl carbamates (subject to hydrolysis) is 2. The lowest BCUT2D eigenvalue weighted by molar-refractivity contribution is -0.268. The normalized spacial score (nSPS) is 27.9. The smallest absolute Gasteiger partial charge is 0.410 e. The van der Waals surface area contributed by atoms with Gasteiger partial charge < -0.3 is 49.1 Å². The second-order valence-electron chi connectivity index (χ2n) is 13.4. The van der Waals surface area contributed by atoms with Crippen LogP contribution >= 0.6 is 0 Å². The van der Waals surface area contributed by atoms with E-state index < -0.39 is 79.3 Å². The third kappa shape index (κ3) is 9.40. The molecule has 2 heterocycles. The average Bonchev–Trinajstić information content (AvgIpc) is 3.60. The van der Waals surface area contributed by atoms with Gasteiger partial charge >= 0.3 is 18.3 Å². The van der Waals surface area contributed by atoms with Crippen molar-refractivity contribution in [3.8, 4) is 0 Å². The molecule has 16 heteroatoms. The minimum absolute atomic E-state index is 0.0412. The lowest BCUT2D eigenvalue weighted by atomic mass is 9.81. The summed E-state index contributed by atoms with van der Waals surface area (Å²) in [6.45, 7) is 1.92. The molecule has 0 unspecified atom stereocenters. The minimum atomic E-state index is -1.51. The number of aliphatic hydroxyl groups excluding tert-OH is 1. The van der Waals surface area contributed by atoms with Gasteiger partial charge in [0.1, 0.15) is 37.6 Å². The lowest BCUT2D eigenvalue weighted by Gasteiger charge is -2.47. The van der Waals surface area contributed by atoms with Gasteiger partial charge in [0.25, 0.3) is 0 Å². The Morgan fingerprint density at radius 3 is 2.15 bits per heavy atom. The van der Waals surface area contributed by atoms with E-state index in [4.69, 9.17) is 28.4 Å². The SMILES string of the molecule is C[C@@H]([C@@H]1CC[C@@H](N=[N+]=[N-])[C@@H](O[C@H]2[C@H](O)[C@H]3OC(=O)N[C@@H]3[C@@H](OCc3ccccc3)[C@@H]2NC(=O)OCc2ccccc2)O1)N(C)C(=O)OCc1ccccc1. The molecule has 286 valence electrons. The van der Waals surface area contributed by atoms with Crippen molar-refractivity contribution in [1.29, 1.82) is 0 Å². The van der Waals surface area contributed by atoms with Crippen LogP contribution < -0.4 is 10.6 Å². The maximum Gasteiger partial charge on any atom is 0.410 e. The van der Waals surface area contributed by atoms with Crippen LogP contribution in [0.3, 0.4) is 0 Å². The van der Waals surface area contributed by atoms with Gasteiger partial charge in [-0.25, -0.2) is 14.4 Å². The molecule has 0 aromatic heterocycles. The Morgan fingerprint density at radius 2 is 1.54 bits per heavy atom. The molecule has 16 nitrogen and oxygen atoms in total. The highest BCUT2D eigenvalue weighted by Gasteiger charge is 2.58. The molecule has 3 aromatic rings. The van der Waals surface area contributed by atoms with Gasteiger partial charge in [-0.2, -0.15) is 0 Å². The molecule has 10 atom stereocenters. The van der Waals surface area contributed by atoms with Crippen LogP contribution in [-0.2, 0) is 48.2 Å². The number of fused-ring (bicyclic) bond motifs is 1. The predicted molar refractivity (Wildman–Crippen MR) is 191 cm³/mol. The fraction of sp³-hybridized carbons (Fsp3) is 0.447. The zero-order chi connectivity index (χ0) is 38.0. The molecule has 3 fully saturated rings. The first-order valence-electron chi connectivity index (χ1n) is 17.8. The Bertz CT molecular complexity index is 1750. The number of hydrogen-bond acceptors (Lipinski definition) is 11. The van der Waals surface area contributed by atoms with Crippen molar-refractivity contribution in [2.75, 3.05) is 7.05 Å². The summed E-state index contributed by atoms with van der Waals surface area (Å²) in [5, 5.41) is 21.2. The number of azide groups is 1. The molecule has 2 aliphatic heterocycles. The number of nitrogens with one attached hydrogen (secondary N) is 2. The summed E-state index contributed by atoms with van der Waals surface area (Å²) in [4.78, 5) is 43.4. The zero-order valence-electron chi connectivity index (χ0n) is 29.9. The van der Waals surface area contributed by atoms with Crippen LogP contribution in [0.25, 0.3) is 10.4 Å². The second kappa shape index (κ2) is 18.1. The van der Waals surface area contributed by atoms with Crippen molar-refractivity contribution >= 4 is 18.3 Å². The number of carbonyl (C=O) groups is 3. The Balaban J connectivity index is 1.23. The van der Waals surface area contributed by atoms with Gasteiger partial charge in [-0.1, -0.05) is 96.1 Å². The van der Waals surface area contributed by atoms with Crippen LogP contribution in [0.4, 0.5) is 14.4 Å². The quantitative estimate of drug-likeness (QED) is 0.0931. The van der Waals surface area contributed by atoms with E-state index >= 15 is 0 Å². The third-order valence-electron chi connectivity index (χ3n) is 9.90. The van der Waals surface area contributed by atoms with Gasteiger partial charge in [0, 0.05) is 12.0 Å². The van der Waals surface area contributed by atoms with Crippen molar-refractivity contribution in [1.82, 2.24) is 15.5 Å².